The van der Waals surface area contributed by atoms with E-state index < -0.39 is 5.97 Å². The molecule has 0 saturated heterocycles. The third kappa shape index (κ3) is 6.43. The van der Waals surface area contributed by atoms with E-state index >= 15 is 0 Å². The van der Waals surface area contributed by atoms with Gasteiger partial charge in [0.15, 0.2) is 11.0 Å². The van der Waals surface area contributed by atoms with Crippen molar-refractivity contribution in [3.8, 4) is 16.9 Å². The van der Waals surface area contributed by atoms with Gasteiger partial charge in [0.1, 0.15) is 22.9 Å². The number of hydrogen-bond acceptors (Lipinski definition) is 8. The first-order valence-corrected chi connectivity index (χ1v) is 14.1. The molecule has 10 heteroatoms. The number of nitrogens with zero attached hydrogens (tertiary/aromatic N) is 3. The maximum absolute atomic E-state index is 12.8. The molecule has 0 unspecified atom stereocenters. The van der Waals surface area contributed by atoms with E-state index in [0.29, 0.717) is 28.1 Å². The number of carbonyl (C=O) groups is 2. The molecule has 1 N–H and O–H groups in total. The molecule has 198 valence electrons. The van der Waals surface area contributed by atoms with Crippen molar-refractivity contribution in [2.24, 2.45) is 0 Å². The van der Waals surface area contributed by atoms with Gasteiger partial charge in [0.25, 0.3) is 0 Å². The van der Waals surface area contributed by atoms with E-state index in [4.69, 9.17) is 9.47 Å². The highest BCUT2D eigenvalue weighted by Gasteiger charge is 2.23. The molecule has 2 aromatic heterocycles. The van der Waals surface area contributed by atoms with Crippen molar-refractivity contribution >= 4 is 40.0 Å². The molecule has 1 amide bonds. The Hall–Kier alpha value is -3.63. The van der Waals surface area contributed by atoms with Gasteiger partial charge in [0.2, 0.25) is 5.91 Å². The Kier molecular flexibility index (Phi) is 9.19. The van der Waals surface area contributed by atoms with Crippen LogP contribution in [-0.4, -0.2) is 39.5 Å². The topological polar surface area (TPSA) is 95.3 Å². The summed E-state index contributed by atoms with van der Waals surface area (Å²) < 4.78 is 12.8. The highest BCUT2D eigenvalue weighted by atomic mass is 32.2. The SMILES string of the molecule is CCc1ccc(OCc2nnc(SCC(=O)Nc3scc(-c4ccc(C)cc4)c3C(=O)OC)n2CC)cc1. The van der Waals surface area contributed by atoms with Gasteiger partial charge >= 0.3 is 5.97 Å². The molecular formula is C28H30N4O4S2. The highest BCUT2D eigenvalue weighted by molar-refractivity contribution is 7.99. The molecule has 0 saturated carbocycles. The zero-order valence-electron chi connectivity index (χ0n) is 21.8. The van der Waals surface area contributed by atoms with Crippen LogP contribution in [-0.2, 0) is 29.1 Å². The van der Waals surface area contributed by atoms with Crippen LogP contribution in [0.5, 0.6) is 5.75 Å². The van der Waals surface area contributed by atoms with Gasteiger partial charge in [-0.3, -0.25) is 4.79 Å². The number of thioether (sulfide) groups is 1. The van der Waals surface area contributed by atoms with Crippen molar-refractivity contribution in [2.45, 2.75) is 45.5 Å². The summed E-state index contributed by atoms with van der Waals surface area (Å²) in [7, 11) is 1.33. The zero-order chi connectivity index (χ0) is 27.1. The fourth-order valence-corrected chi connectivity index (χ4v) is 5.61. The van der Waals surface area contributed by atoms with Crippen LogP contribution in [0, 0.1) is 6.92 Å². The van der Waals surface area contributed by atoms with Crippen LogP contribution in [0.2, 0.25) is 0 Å². The van der Waals surface area contributed by atoms with Gasteiger partial charge in [-0.15, -0.1) is 21.5 Å². The first kappa shape index (κ1) is 27.4. The lowest BCUT2D eigenvalue weighted by atomic mass is 10.0. The number of aromatic nitrogens is 3. The zero-order valence-corrected chi connectivity index (χ0v) is 23.4. The maximum atomic E-state index is 12.8. The number of amides is 1. The predicted molar refractivity (Wildman–Crippen MR) is 151 cm³/mol. The predicted octanol–water partition coefficient (Wildman–Crippen LogP) is 5.99. The fourth-order valence-electron chi connectivity index (χ4n) is 3.81. The highest BCUT2D eigenvalue weighted by Crippen LogP contribution is 2.36. The summed E-state index contributed by atoms with van der Waals surface area (Å²) in [5, 5.41) is 14.3. The van der Waals surface area contributed by atoms with Crippen LogP contribution in [0.1, 0.15) is 41.2 Å². The lowest BCUT2D eigenvalue weighted by molar-refractivity contribution is -0.113. The van der Waals surface area contributed by atoms with E-state index in [1.165, 1.54) is 35.8 Å². The van der Waals surface area contributed by atoms with Gasteiger partial charge < -0.3 is 19.4 Å². The molecule has 8 nitrogen and oxygen atoms in total. The van der Waals surface area contributed by atoms with Crippen molar-refractivity contribution in [2.75, 3.05) is 18.2 Å². The second-order valence-electron chi connectivity index (χ2n) is 8.48. The number of nitrogens with one attached hydrogen (secondary N) is 1. The Balaban J connectivity index is 1.41. The van der Waals surface area contributed by atoms with Gasteiger partial charge in [0, 0.05) is 17.5 Å². The second-order valence-corrected chi connectivity index (χ2v) is 10.3. The van der Waals surface area contributed by atoms with Gasteiger partial charge in [-0.1, -0.05) is 60.6 Å². The number of ether oxygens (including phenoxy) is 2. The molecule has 38 heavy (non-hydrogen) atoms. The minimum atomic E-state index is -0.496. The van der Waals surface area contributed by atoms with Crippen molar-refractivity contribution in [1.29, 1.82) is 0 Å². The van der Waals surface area contributed by atoms with Crippen molar-refractivity contribution in [3.05, 3.63) is 76.4 Å². The monoisotopic (exact) mass is 550 g/mol. The molecule has 0 aliphatic carbocycles. The molecule has 0 spiro atoms. The van der Waals surface area contributed by atoms with Crippen molar-refractivity contribution in [3.63, 3.8) is 0 Å². The van der Waals surface area contributed by atoms with Crippen LogP contribution in [0.3, 0.4) is 0 Å². The Morgan fingerprint density at radius 3 is 2.45 bits per heavy atom. The van der Waals surface area contributed by atoms with Crippen LogP contribution in [0.25, 0.3) is 11.1 Å². The summed E-state index contributed by atoms with van der Waals surface area (Å²) in [6, 6.07) is 15.8. The Morgan fingerprint density at radius 2 is 1.79 bits per heavy atom. The smallest absolute Gasteiger partial charge is 0.341 e. The molecule has 0 bridgehead atoms. The number of methoxy groups -OCH3 is 1. The summed E-state index contributed by atoms with van der Waals surface area (Å²) in [4.78, 5) is 25.4. The quantitative estimate of drug-likeness (QED) is 0.181. The van der Waals surface area contributed by atoms with Crippen LogP contribution < -0.4 is 10.1 Å². The second kappa shape index (κ2) is 12.7. The molecule has 0 aliphatic heterocycles. The number of thiophene rings is 1. The Labute approximate surface area is 230 Å². The van der Waals surface area contributed by atoms with E-state index in [9.17, 15) is 9.59 Å². The van der Waals surface area contributed by atoms with Crippen LogP contribution in [0.15, 0.2) is 59.1 Å². The number of rotatable bonds is 11. The number of anilines is 1. The lowest BCUT2D eigenvalue weighted by Crippen LogP contribution is -2.16. The standard InChI is InChI=1S/C28H30N4O4S2/c1-5-19-9-13-21(14-10-19)36-15-23-30-31-28(32(23)6-2)38-17-24(33)29-26-25(27(34)35-4)22(16-37-26)20-11-7-18(3)8-12-20/h7-14,16H,5-6,15,17H2,1-4H3,(H,29,33). The van der Waals surface area contributed by atoms with Crippen LogP contribution >= 0.6 is 23.1 Å². The van der Waals surface area contributed by atoms with E-state index in [-0.39, 0.29) is 18.3 Å². The Bertz CT molecular complexity index is 1400. The summed E-state index contributed by atoms with van der Waals surface area (Å²) in [5.41, 5.74) is 4.33. The first-order chi connectivity index (χ1) is 18.4. The Morgan fingerprint density at radius 1 is 1.05 bits per heavy atom. The molecule has 0 fully saturated rings. The molecule has 2 heterocycles. The number of aryl methyl sites for hydroxylation is 2. The molecule has 0 aliphatic rings. The van der Waals surface area contributed by atoms with Gasteiger partial charge in [-0.05, 0) is 43.5 Å². The molecule has 4 rings (SSSR count). The van der Waals surface area contributed by atoms with E-state index in [0.717, 1.165) is 28.9 Å². The van der Waals surface area contributed by atoms with Crippen LogP contribution in [0.4, 0.5) is 5.00 Å². The summed E-state index contributed by atoms with van der Waals surface area (Å²) in [5.74, 6) is 0.810. The van der Waals surface area contributed by atoms with E-state index in [2.05, 4.69) is 22.4 Å². The normalized spacial score (nSPS) is 10.8. The molecule has 0 radical (unpaired) electrons. The summed E-state index contributed by atoms with van der Waals surface area (Å²) in [6.07, 6.45) is 0.975. The number of carbonyl (C=O) groups excluding carboxylic acids is 2. The molecular weight excluding hydrogens is 520 g/mol. The third-order valence-corrected chi connectivity index (χ3v) is 7.80. The number of esters is 1. The van der Waals surface area contributed by atoms with Crippen molar-refractivity contribution < 1.29 is 19.1 Å². The van der Waals surface area contributed by atoms with Gasteiger partial charge in [-0.2, -0.15) is 0 Å². The third-order valence-electron chi connectivity index (χ3n) is 5.94. The molecule has 2 aromatic carbocycles. The first-order valence-electron chi connectivity index (χ1n) is 12.3. The van der Waals surface area contributed by atoms with Crippen molar-refractivity contribution in [1.82, 2.24) is 14.8 Å². The number of hydrogen-bond donors (Lipinski definition) is 1. The van der Waals surface area contributed by atoms with Gasteiger partial charge in [0.05, 0.1) is 12.9 Å². The summed E-state index contributed by atoms with van der Waals surface area (Å²) >= 11 is 2.58. The fraction of sp³-hybridized carbons (Fsp3) is 0.286. The van der Waals surface area contributed by atoms with E-state index in [1.54, 1.807) is 0 Å². The maximum Gasteiger partial charge on any atom is 0.341 e. The van der Waals surface area contributed by atoms with Gasteiger partial charge in [-0.25, -0.2) is 4.79 Å². The summed E-state index contributed by atoms with van der Waals surface area (Å²) in [6.45, 7) is 7.02. The average molecular weight is 551 g/mol. The largest absolute Gasteiger partial charge is 0.486 e. The van der Waals surface area contributed by atoms with E-state index in [1.807, 2.05) is 72.3 Å². The minimum absolute atomic E-state index is 0.107. The minimum Gasteiger partial charge on any atom is -0.486 e. The molecule has 0 atom stereocenters. The molecule has 4 aromatic rings. The number of benzene rings is 2. The lowest BCUT2D eigenvalue weighted by Gasteiger charge is -2.10. The average Bonchev–Trinajstić information content (AvgIpc) is 3.54.